The summed E-state index contributed by atoms with van der Waals surface area (Å²) in [5.74, 6) is -0.845. The molecule has 0 aromatic heterocycles. The number of hydrogen-bond acceptors (Lipinski definition) is 6. The van der Waals surface area contributed by atoms with Crippen LogP contribution < -0.4 is 5.14 Å². The molecule has 0 fully saturated rings. The Morgan fingerprint density at radius 3 is 2.48 bits per heavy atom. The number of nitrogens with zero attached hydrogens (tertiary/aromatic N) is 1. The van der Waals surface area contributed by atoms with Gasteiger partial charge in [0.25, 0.3) is 5.69 Å². The molecule has 0 saturated carbocycles. The van der Waals surface area contributed by atoms with Gasteiger partial charge in [-0.3, -0.25) is 10.1 Å². The van der Waals surface area contributed by atoms with Gasteiger partial charge in [-0.25, -0.2) is 18.4 Å². The van der Waals surface area contributed by atoms with Crippen molar-refractivity contribution in [2.45, 2.75) is 18.7 Å². The topological polar surface area (TPSA) is 130 Å². The fourth-order valence-corrected chi connectivity index (χ4v) is 2.51. The molecule has 0 aliphatic rings. The molecule has 1 aromatic rings. The minimum atomic E-state index is -4.32. The van der Waals surface area contributed by atoms with Crippen LogP contribution in [-0.4, -0.2) is 25.9 Å². The van der Waals surface area contributed by atoms with Gasteiger partial charge >= 0.3 is 5.97 Å². The van der Waals surface area contributed by atoms with Gasteiger partial charge in [0.15, 0.2) is 0 Å². The molecule has 0 radical (unpaired) electrons. The number of primary sulfonamides is 1. The fraction of sp³-hybridized carbons (Fsp3) is 0.364. The maximum Gasteiger partial charge on any atom is 0.338 e. The van der Waals surface area contributed by atoms with E-state index in [2.05, 4.69) is 0 Å². The zero-order chi connectivity index (χ0) is 16.4. The largest absolute Gasteiger partial charge is 0.462 e. The van der Waals surface area contributed by atoms with Crippen molar-refractivity contribution in [1.82, 2.24) is 0 Å². The molecule has 0 amide bonds. The quantitative estimate of drug-likeness (QED) is 0.495. The molecule has 0 atom stereocenters. The fourth-order valence-electron chi connectivity index (χ4n) is 1.37. The minimum Gasteiger partial charge on any atom is -0.462 e. The van der Waals surface area contributed by atoms with Crippen LogP contribution in [0.1, 0.15) is 24.2 Å². The van der Waals surface area contributed by atoms with Crippen LogP contribution in [0.15, 0.2) is 17.0 Å². The lowest BCUT2D eigenvalue weighted by Gasteiger charge is -2.09. The van der Waals surface area contributed by atoms with Crippen molar-refractivity contribution in [3.63, 3.8) is 0 Å². The summed E-state index contributed by atoms with van der Waals surface area (Å²) < 4.78 is 27.7. The van der Waals surface area contributed by atoms with Crippen LogP contribution in [-0.2, 0) is 14.8 Å². The summed E-state index contributed by atoms with van der Waals surface area (Å²) in [6.45, 7) is 3.68. The molecular weight excluding hydrogens is 324 g/mol. The van der Waals surface area contributed by atoms with E-state index in [1.54, 1.807) is 13.8 Å². The minimum absolute atomic E-state index is 0.0500. The Balaban J connectivity index is 3.38. The van der Waals surface area contributed by atoms with Gasteiger partial charge in [-0.2, -0.15) is 0 Å². The van der Waals surface area contributed by atoms with Crippen LogP contribution in [0.3, 0.4) is 0 Å². The predicted octanol–water partition coefficient (Wildman–Crippen LogP) is 1.71. The molecule has 1 rings (SSSR count). The summed E-state index contributed by atoms with van der Waals surface area (Å²) in [6.07, 6.45) is 0. The van der Waals surface area contributed by atoms with Crippen LogP contribution in [0.4, 0.5) is 5.69 Å². The van der Waals surface area contributed by atoms with Gasteiger partial charge in [0.2, 0.25) is 10.0 Å². The number of carbonyl (C=O) groups excluding carboxylic acids is 1. The zero-order valence-electron chi connectivity index (χ0n) is 11.2. The van der Waals surface area contributed by atoms with Crippen molar-refractivity contribution in [1.29, 1.82) is 0 Å². The lowest BCUT2D eigenvalue weighted by Crippen LogP contribution is -2.16. The third kappa shape index (κ3) is 4.38. The average Bonchev–Trinajstić information content (AvgIpc) is 2.34. The van der Waals surface area contributed by atoms with Crippen molar-refractivity contribution in [3.8, 4) is 0 Å². The van der Waals surface area contributed by atoms with Crippen LogP contribution in [0.2, 0.25) is 5.02 Å². The normalized spacial score (nSPS) is 11.5. The third-order valence-electron chi connectivity index (χ3n) is 2.31. The second kappa shape index (κ2) is 6.37. The van der Waals surface area contributed by atoms with Gasteiger partial charge in [0.1, 0.15) is 9.92 Å². The molecule has 10 heteroatoms. The molecule has 0 unspecified atom stereocenters. The first-order valence-electron chi connectivity index (χ1n) is 5.72. The molecule has 0 saturated heterocycles. The van der Waals surface area contributed by atoms with Crippen LogP contribution >= 0.6 is 11.6 Å². The highest BCUT2D eigenvalue weighted by atomic mass is 35.5. The monoisotopic (exact) mass is 336 g/mol. The number of nitrogens with two attached hydrogens (primary N) is 1. The van der Waals surface area contributed by atoms with E-state index in [9.17, 15) is 23.3 Å². The van der Waals surface area contributed by atoms with Gasteiger partial charge in [0.05, 0.1) is 17.1 Å². The summed E-state index contributed by atoms with van der Waals surface area (Å²) in [5.41, 5.74) is -1.05. The molecule has 0 spiro atoms. The van der Waals surface area contributed by atoms with Crippen LogP contribution in [0, 0.1) is 16.0 Å². The Kier molecular flexibility index (Phi) is 5.26. The van der Waals surface area contributed by atoms with E-state index in [-0.39, 0.29) is 18.1 Å². The van der Waals surface area contributed by atoms with Gasteiger partial charge in [-0.15, -0.1) is 0 Å². The second-order valence-corrected chi connectivity index (χ2v) is 6.51. The summed E-state index contributed by atoms with van der Waals surface area (Å²) in [5, 5.41) is 15.2. The second-order valence-electron chi connectivity index (χ2n) is 4.60. The zero-order valence-corrected chi connectivity index (χ0v) is 12.8. The number of nitro groups is 1. The number of rotatable bonds is 5. The lowest BCUT2D eigenvalue weighted by atomic mass is 10.2. The Morgan fingerprint density at radius 2 is 2.05 bits per heavy atom. The van der Waals surface area contributed by atoms with Crippen molar-refractivity contribution < 1.29 is 22.9 Å². The van der Waals surface area contributed by atoms with Gasteiger partial charge < -0.3 is 4.74 Å². The molecule has 0 aliphatic heterocycles. The van der Waals surface area contributed by atoms with E-state index in [0.29, 0.717) is 0 Å². The van der Waals surface area contributed by atoms with Gasteiger partial charge in [-0.1, -0.05) is 25.4 Å². The smallest absolute Gasteiger partial charge is 0.338 e. The highest BCUT2D eigenvalue weighted by Gasteiger charge is 2.26. The number of ether oxygens (including phenoxy) is 1. The van der Waals surface area contributed by atoms with Crippen LogP contribution in [0.25, 0.3) is 0 Å². The average molecular weight is 337 g/mol. The molecule has 2 N–H and O–H groups in total. The van der Waals surface area contributed by atoms with E-state index < -0.39 is 36.5 Å². The van der Waals surface area contributed by atoms with E-state index >= 15 is 0 Å². The Labute approximate surface area is 126 Å². The maximum absolute atomic E-state index is 11.8. The Bertz CT molecular complexity index is 686. The molecule has 21 heavy (non-hydrogen) atoms. The van der Waals surface area contributed by atoms with Crippen molar-refractivity contribution in [2.75, 3.05) is 6.61 Å². The Morgan fingerprint density at radius 1 is 1.48 bits per heavy atom. The molecule has 0 bridgehead atoms. The molecule has 0 heterocycles. The molecular formula is C11H13ClN2O6S. The number of sulfonamides is 1. The number of benzene rings is 1. The van der Waals surface area contributed by atoms with Crippen molar-refractivity contribution in [3.05, 3.63) is 32.8 Å². The van der Waals surface area contributed by atoms with Crippen molar-refractivity contribution >= 4 is 33.3 Å². The van der Waals surface area contributed by atoms with Gasteiger partial charge in [0, 0.05) is 6.07 Å². The number of hydrogen-bond donors (Lipinski definition) is 1. The number of carbonyl (C=O) groups is 1. The molecule has 1 aromatic carbocycles. The third-order valence-corrected chi connectivity index (χ3v) is 3.75. The van der Waals surface area contributed by atoms with Gasteiger partial charge in [-0.05, 0) is 12.0 Å². The van der Waals surface area contributed by atoms with E-state index in [4.69, 9.17) is 21.5 Å². The SMILES string of the molecule is CC(C)COC(=O)c1cc([N+](=O)[O-])c(Cl)c(S(N)(=O)=O)c1. The van der Waals surface area contributed by atoms with E-state index in [1.165, 1.54) is 0 Å². The first-order valence-corrected chi connectivity index (χ1v) is 7.64. The summed E-state index contributed by atoms with van der Waals surface area (Å²) >= 11 is 5.64. The summed E-state index contributed by atoms with van der Waals surface area (Å²) in [7, 11) is -4.32. The standard InChI is InChI=1S/C11H13ClN2O6S/c1-6(2)5-20-11(15)7-3-8(14(16)17)10(12)9(4-7)21(13,18)19/h3-4,6H,5H2,1-2H3,(H2,13,18,19). The highest BCUT2D eigenvalue weighted by Crippen LogP contribution is 2.32. The first-order chi connectivity index (χ1) is 9.54. The first kappa shape index (κ1) is 17.3. The molecule has 8 nitrogen and oxygen atoms in total. The van der Waals surface area contributed by atoms with Crippen molar-refractivity contribution in [2.24, 2.45) is 11.1 Å². The maximum atomic E-state index is 11.8. The number of halogens is 1. The van der Waals surface area contributed by atoms with E-state index in [0.717, 1.165) is 12.1 Å². The van der Waals surface area contributed by atoms with E-state index in [1.807, 2.05) is 0 Å². The summed E-state index contributed by atoms with van der Waals surface area (Å²) in [4.78, 5) is 21.1. The Hall–Kier alpha value is -1.71. The highest BCUT2D eigenvalue weighted by molar-refractivity contribution is 7.89. The molecule has 116 valence electrons. The summed E-state index contributed by atoms with van der Waals surface area (Å²) in [6, 6.07) is 1.70. The number of nitro benzene ring substituents is 1. The predicted molar refractivity (Wildman–Crippen MR) is 74.6 cm³/mol. The number of esters is 1. The molecule has 0 aliphatic carbocycles. The lowest BCUT2D eigenvalue weighted by molar-refractivity contribution is -0.384. The van der Waals surface area contributed by atoms with Crippen LogP contribution in [0.5, 0.6) is 0 Å².